The number of aromatic nitrogens is 1. The standard InChI is InChI=1S/C16H14N4O2/c1-20-13-9-5-3-7-11(13)14(16(20)22)18-19-15(21)10-6-2-4-8-12(10)17/h2-9,22H,17H2,1H3. The molecule has 0 atom stereocenters. The number of hydrogen-bond donors (Lipinski definition) is 2. The molecule has 0 saturated heterocycles. The van der Waals surface area contributed by atoms with Crippen molar-refractivity contribution >= 4 is 28.2 Å². The lowest BCUT2D eigenvalue weighted by Gasteiger charge is -1.98. The fourth-order valence-electron chi connectivity index (χ4n) is 2.30. The Balaban J connectivity index is 2.02. The van der Waals surface area contributed by atoms with E-state index in [0.717, 1.165) is 10.9 Å². The molecule has 0 unspecified atom stereocenters. The molecule has 0 bridgehead atoms. The maximum Gasteiger partial charge on any atom is 0.297 e. The van der Waals surface area contributed by atoms with Crippen LogP contribution in [0.2, 0.25) is 0 Å². The maximum atomic E-state index is 12.1. The predicted molar refractivity (Wildman–Crippen MR) is 84.3 cm³/mol. The van der Waals surface area contributed by atoms with E-state index in [-0.39, 0.29) is 17.1 Å². The zero-order valence-corrected chi connectivity index (χ0v) is 11.9. The van der Waals surface area contributed by atoms with Gasteiger partial charge >= 0.3 is 0 Å². The fraction of sp³-hybridized carbons (Fsp3) is 0.0625. The van der Waals surface area contributed by atoms with E-state index in [0.29, 0.717) is 5.69 Å². The van der Waals surface area contributed by atoms with Gasteiger partial charge in [0.2, 0.25) is 5.88 Å². The van der Waals surface area contributed by atoms with Crippen LogP contribution in [0, 0.1) is 0 Å². The van der Waals surface area contributed by atoms with Crippen LogP contribution in [0.15, 0.2) is 58.8 Å². The molecule has 3 N–H and O–H groups in total. The van der Waals surface area contributed by atoms with E-state index in [1.54, 1.807) is 35.9 Å². The van der Waals surface area contributed by atoms with Crippen molar-refractivity contribution in [1.82, 2.24) is 4.57 Å². The Morgan fingerprint density at radius 1 is 1.14 bits per heavy atom. The normalized spacial score (nSPS) is 11.3. The first-order chi connectivity index (χ1) is 10.6. The van der Waals surface area contributed by atoms with Crippen LogP contribution in [-0.4, -0.2) is 15.6 Å². The Kier molecular flexibility index (Phi) is 3.34. The van der Waals surface area contributed by atoms with Crippen molar-refractivity contribution in [2.75, 3.05) is 5.73 Å². The van der Waals surface area contributed by atoms with Gasteiger partial charge in [-0.05, 0) is 18.2 Å². The van der Waals surface area contributed by atoms with Crippen molar-refractivity contribution in [3.63, 3.8) is 0 Å². The topological polar surface area (TPSA) is 93.0 Å². The third kappa shape index (κ3) is 2.20. The largest absolute Gasteiger partial charge is 0.493 e. The number of azo groups is 1. The van der Waals surface area contributed by atoms with Crippen molar-refractivity contribution < 1.29 is 9.90 Å². The van der Waals surface area contributed by atoms with Crippen molar-refractivity contribution in [2.45, 2.75) is 0 Å². The number of aromatic hydroxyl groups is 1. The highest BCUT2D eigenvalue weighted by atomic mass is 16.3. The first-order valence-electron chi connectivity index (χ1n) is 6.66. The molecule has 0 aliphatic heterocycles. The molecule has 22 heavy (non-hydrogen) atoms. The molecule has 1 amide bonds. The Hall–Kier alpha value is -3.15. The van der Waals surface area contributed by atoms with Crippen LogP contribution in [0.3, 0.4) is 0 Å². The highest BCUT2D eigenvalue weighted by Crippen LogP contribution is 2.37. The van der Waals surface area contributed by atoms with Gasteiger partial charge in [0.1, 0.15) is 0 Å². The van der Waals surface area contributed by atoms with Gasteiger partial charge in [-0.2, -0.15) is 0 Å². The molecule has 6 nitrogen and oxygen atoms in total. The molecule has 1 aromatic heterocycles. The van der Waals surface area contributed by atoms with E-state index in [1.807, 2.05) is 24.3 Å². The summed E-state index contributed by atoms with van der Waals surface area (Å²) in [6, 6.07) is 14.0. The highest BCUT2D eigenvalue weighted by molar-refractivity contribution is 6.00. The molecule has 0 saturated carbocycles. The van der Waals surface area contributed by atoms with Gasteiger partial charge < -0.3 is 15.4 Å². The molecule has 3 aromatic rings. The Bertz CT molecular complexity index is 896. The zero-order chi connectivity index (χ0) is 15.7. The van der Waals surface area contributed by atoms with Crippen molar-refractivity contribution in [2.24, 2.45) is 17.3 Å². The summed E-state index contributed by atoms with van der Waals surface area (Å²) in [4.78, 5) is 12.1. The van der Waals surface area contributed by atoms with E-state index in [2.05, 4.69) is 10.2 Å². The van der Waals surface area contributed by atoms with Crippen LogP contribution < -0.4 is 5.73 Å². The van der Waals surface area contributed by atoms with Gasteiger partial charge in [-0.3, -0.25) is 4.79 Å². The minimum absolute atomic E-state index is 0.0428. The molecule has 0 fully saturated rings. The van der Waals surface area contributed by atoms with Crippen LogP contribution in [0.25, 0.3) is 10.9 Å². The Labute approximate surface area is 126 Å². The number of carbonyl (C=O) groups excluding carboxylic acids is 1. The molecule has 0 aliphatic carbocycles. The fourth-order valence-corrected chi connectivity index (χ4v) is 2.30. The molecule has 0 spiro atoms. The summed E-state index contributed by atoms with van der Waals surface area (Å²) in [5, 5.41) is 18.5. The van der Waals surface area contributed by atoms with Crippen molar-refractivity contribution in [3.8, 4) is 5.88 Å². The van der Waals surface area contributed by atoms with Crippen LogP contribution in [0.5, 0.6) is 5.88 Å². The van der Waals surface area contributed by atoms with E-state index in [1.165, 1.54) is 0 Å². The number of nitrogens with zero attached hydrogens (tertiary/aromatic N) is 3. The predicted octanol–water partition coefficient (Wildman–Crippen LogP) is 3.39. The zero-order valence-electron chi connectivity index (χ0n) is 11.9. The van der Waals surface area contributed by atoms with Crippen LogP contribution in [0.1, 0.15) is 10.4 Å². The molecule has 3 rings (SSSR count). The second-order valence-electron chi connectivity index (χ2n) is 4.84. The number of benzene rings is 2. The number of nitrogen functional groups attached to an aromatic ring is 1. The lowest BCUT2D eigenvalue weighted by Crippen LogP contribution is -1.99. The lowest BCUT2D eigenvalue weighted by atomic mass is 10.2. The summed E-state index contributed by atoms with van der Waals surface area (Å²) in [6.45, 7) is 0. The summed E-state index contributed by atoms with van der Waals surface area (Å²) in [6.07, 6.45) is 0. The Morgan fingerprint density at radius 3 is 2.59 bits per heavy atom. The Morgan fingerprint density at radius 2 is 1.82 bits per heavy atom. The number of anilines is 1. The van der Waals surface area contributed by atoms with Gasteiger partial charge in [0.05, 0.1) is 11.1 Å². The monoisotopic (exact) mass is 294 g/mol. The number of carbonyl (C=O) groups is 1. The minimum atomic E-state index is -0.551. The summed E-state index contributed by atoms with van der Waals surface area (Å²) in [5.41, 5.74) is 7.43. The average Bonchev–Trinajstić information content (AvgIpc) is 2.77. The second kappa shape index (κ2) is 5.33. The molecular formula is C16H14N4O2. The molecular weight excluding hydrogens is 280 g/mol. The molecule has 110 valence electrons. The molecule has 6 heteroatoms. The average molecular weight is 294 g/mol. The highest BCUT2D eigenvalue weighted by Gasteiger charge is 2.14. The third-order valence-corrected chi connectivity index (χ3v) is 3.48. The smallest absolute Gasteiger partial charge is 0.297 e. The van der Waals surface area contributed by atoms with E-state index in [9.17, 15) is 9.90 Å². The number of rotatable bonds is 2. The van der Waals surface area contributed by atoms with Gasteiger partial charge in [-0.1, -0.05) is 30.3 Å². The van der Waals surface area contributed by atoms with E-state index in [4.69, 9.17) is 5.73 Å². The van der Waals surface area contributed by atoms with Crippen molar-refractivity contribution in [3.05, 3.63) is 54.1 Å². The molecule has 1 heterocycles. The van der Waals surface area contributed by atoms with Crippen molar-refractivity contribution in [1.29, 1.82) is 0 Å². The number of fused-ring (bicyclic) bond motifs is 1. The number of amides is 1. The first kappa shape index (κ1) is 13.8. The quantitative estimate of drug-likeness (QED) is 0.560. The maximum absolute atomic E-state index is 12.1. The molecule has 0 aliphatic rings. The first-order valence-corrected chi connectivity index (χ1v) is 6.66. The van der Waals surface area contributed by atoms with Crippen LogP contribution in [0.4, 0.5) is 11.4 Å². The van der Waals surface area contributed by atoms with Gasteiger partial charge in [0.15, 0.2) is 5.69 Å². The van der Waals surface area contributed by atoms with E-state index >= 15 is 0 Å². The SMILES string of the molecule is Cn1c(O)c(N=NC(=O)c2ccccc2N)c2ccccc21. The molecule has 0 radical (unpaired) electrons. The number of nitrogens with two attached hydrogens (primary N) is 1. The van der Waals surface area contributed by atoms with E-state index < -0.39 is 5.91 Å². The third-order valence-electron chi connectivity index (χ3n) is 3.48. The number of hydrogen-bond acceptors (Lipinski definition) is 4. The summed E-state index contributed by atoms with van der Waals surface area (Å²) in [7, 11) is 1.72. The number of para-hydroxylation sites is 2. The molecule has 2 aromatic carbocycles. The lowest BCUT2D eigenvalue weighted by molar-refractivity contribution is 0.0996. The van der Waals surface area contributed by atoms with Gasteiger partial charge in [-0.15, -0.1) is 10.2 Å². The van der Waals surface area contributed by atoms with Gasteiger partial charge in [0, 0.05) is 18.1 Å². The number of aryl methyl sites for hydroxylation is 1. The van der Waals surface area contributed by atoms with Crippen LogP contribution in [-0.2, 0) is 7.05 Å². The summed E-state index contributed by atoms with van der Waals surface area (Å²) < 4.78 is 1.59. The van der Waals surface area contributed by atoms with Crippen LogP contribution >= 0.6 is 0 Å². The van der Waals surface area contributed by atoms with Gasteiger partial charge in [-0.25, -0.2) is 0 Å². The van der Waals surface area contributed by atoms with Gasteiger partial charge in [0.25, 0.3) is 5.91 Å². The summed E-state index contributed by atoms with van der Waals surface area (Å²) >= 11 is 0. The second-order valence-corrected chi connectivity index (χ2v) is 4.84. The minimum Gasteiger partial charge on any atom is -0.493 e. The summed E-state index contributed by atoms with van der Waals surface area (Å²) in [5.74, 6) is -0.593.